The van der Waals surface area contributed by atoms with Crippen LogP contribution < -0.4 is 10.6 Å². The summed E-state index contributed by atoms with van der Waals surface area (Å²) in [4.78, 5) is 18.4. The van der Waals surface area contributed by atoms with Crippen molar-refractivity contribution >= 4 is 23.8 Å². The van der Waals surface area contributed by atoms with Crippen molar-refractivity contribution in [3.05, 3.63) is 0 Å². The Kier molecular flexibility index (Phi) is 10.9. The Morgan fingerprint density at radius 3 is 2.42 bits per heavy atom. The molecule has 1 atom stereocenters. The number of nitrogens with one attached hydrogen (secondary N) is 2. The molecular formula is C17H36N4O2S. The number of aliphatic imine (C=N–C) groups is 1. The first-order valence-corrected chi connectivity index (χ1v) is 9.90. The van der Waals surface area contributed by atoms with Gasteiger partial charge in [0.05, 0.1) is 0 Å². The fraction of sp³-hybridized carbons (Fsp3) is 0.882. The lowest BCUT2D eigenvalue weighted by Crippen LogP contribution is -2.45. The van der Waals surface area contributed by atoms with Gasteiger partial charge in [-0.05, 0) is 39.4 Å². The standard InChI is InChI=1S/C17H36N4O2S/c1-13(2)14(20-16(22)23-17(3,4)5)9-11-21(7)15(18-6)19-10-12-24-8/h13-14H,9-12H2,1-8H3,(H,18,19)(H,20,22). The van der Waals surface area contributed by atoms with Gasteiger partial charge in [-0.15, -0.1) is 0 Å². The maximum Gasteiger partial charge on any atom is 0.407 e. The third-order valence-electron chi connectivity index (χ3n) is 3.45. The molecule has 24 heavy (non-hydrogen) atoms. The molecule has 0 rings (SSSR count). The average molecular weight is 361 g/mol. The summed E-state index contributed by atoms with van der Waals surface area (Å²) in [6.45, 7) is 11.5. The second-order valence-electron chi connectivity index (χ2n) is 7.17. The first-order chi connectivity index (χ1) is 11.1. The maximum atomic E-state index is 12.0. The fourth-order valence-corrected chi connectivity index (χ4v) is 2.43. The van der Waals surface area contributed by atoms with E-state index in [9.17, 15) is 4.79 Å². The monoisotopic (exact) mass is 360 g/mol. The summed E-state index contributed by atoms with van der Waals surface area (Å²) < 4.78 is 5.36. The molecule has 0 bridgehead atoms. The number of carbonyl (C=O) groups is 1. The van der Waals surface area contributed by atoms with Crippen LogP contribution >= 0.6 is 11.8 Å². The Labute approximate surface area is 152 Å². The minimum absolute atomic E-state index is 0.0617. The highest BCUT2D eigenvalue weighted by atomic mass is 32.2. The number of alkyl carbamates (subject to hydrolysis) is 1. The summed E-state index contributed by atoms with van der Waals surface area (Å²) in [5.41, 5.74) is -0.481. The molecule has 0 heterocycles. The number of carbonyl (C=O) groups excluding carboxylic acids is 1. The van der Waals surface area contributed by atoms with Crippen molar-refractivity contribution in [2.75, 3.05) is 39.2 Å². The molecule has 2 N–H and O–H groups in total. The quantitative estimate of drug-likeness (QED) is 0.396. The van der Waals surface area contributed by atoms with E-state index in [1.54, 1.807) is 18.8 Å². The molecule has 0 spiro atoms. The lowest BCUT2D eigenvalue weighted by molar-refractivity contribution is 0.0486. The maximum absolute atomic E-state index is 12.0. The molecule has 7 heteroatoms. The summed E-state index contributed by atoms with van der Waals surface area (Å²) >= 11 is 1.80. The molecule has 0 aromatic heterocycles. The minimum atomic E-state index is -0.481. The average Bonchev–Trinajstić information content (AvgIpc) is 2.45. The van der Waals surface area contributed by atoms with Gasteiger partial charge in [-0.1, -0.05) is 13.8 Å². The second kappa shape index (κ2) is 11.4. The first kappa shape index (κ1) is 22.9. The van der Waals surface area contributed by atoms with Gasteiger partial charge in [-0.3, -0.25) is 4.99 Å². The van der Waals surface area contributed by atoms with Crippen molar-refractivity contribution in [3.8, 4) is 0 Å². The van der Waals surface area contributed by atoms with Crippen LogP contribution in [0.25, 0.3) is 0 Å². The number of amides is 1. The highest BCUT2D eigenvalue weighted by Crippen LogP contribution is 2.11. The molecule has 142 valence electrons. The van der Waals surface area contributed by atoms with E-state index < -0.39 is 5.60 Å². The van der Waals surface area contributed by atoms with Crippen molar-refractivity contribution in [2.45, 2.75) is 52.7 Å². The summed E-state index contributed by atoms with van der Waals surface area (Å²) in [5.74, 6) is 2.25. The van der Waals surface area contributed by atoms with Crippen molar-refractivity contribution in [1.29, 1.82) is 0 Å². The molecule has 0 aliphatic carbocycles. The van der Waals surface area contributed by atoms with Crippen LogP contribution in [0.2, 0.25) is 0 Å². The molecule has 0 aliphatic rings. The van der Waals surface area contributed by atoms with E-state index in [0.29, 0.717) is 5.92 Å². The van der Waals surface area contributed by atoms with Crippen LogP contribution in [0.1, 0.15) is 41.0 Å². The summed E-state index contributed by atoms with van der Waals surface area (Å²) in [6, 6.07) is 0.0617. The summed E-state index contributed by atoms with van der Waals surface area (Å²) in [7, 11) is 3.80. The van der Waals surface area contributed by atoms with Crippen LogP contribution in [0.4, 0.5) is 4.79 Å². The lowest BCUT2D eigenvalue weighted by atomic mass is 10.0. The van der Waals surface area contributed by atoms with Crippen molar-refractivity contribution in [1.82, 2.24) is 15.5 Å². The van der Waals surface area contributed by atoms with Crippen LogP contribution in [0, 0.1) is 5.92 Å². The minimum Gasteiger partial charge on any atom is -0.444 e. The van der Waals surface area contributed by atoms with Crippen LogP contribution in [0.15, 0.2) is 4.99 Å². The molecule has 0 saturated carbocycles. The predicted molar refractivity (Wildman–Crippen MR) is 105 cm³/mol. The van der Waals surface area contributed by atoms with Gasteiger partial charge in [0.25, 0.3) is 0 Å². The predicted octanol–water partition coefficient (Wildman–Crippen LogP) is 2.80. The van der Waals surface area contributed by atoms with Crippen molar-refractivity contribution in [2.24, 2.45) is 10.9 Å². The van der Waals surface area contributed by atoms with Crippen LogP contribution in [0.3, 0.4) is 0 Å². The van der Waals surface area contributed by atoms with Gasteiger partial charge < -0.3 is 20.3 Å². The van der Waals surface area contributed by atoms with E-state index in [0.717, 1.165) is 31.2 Å². The van der Waals surface area contributed by atoms with Crippen LogP contribution in [-0.2, 0) is 4.74 Å². The number of guanidine groups is 1. The van der Waals surface area contributed by atoms with Crippen LogP contribution in [-0.4, -0.2) is 67.8 Å². The number of ether oxygens (including phenoxy) is 1. The van der Waals surface area contributed by atoms with E-state index in [4.69, 9.17) is 4.74 Å². The van der Waals surface area contributed by atoms with Gasteiger partial charge in [0.1, 0.15) is 5.60 Å². The number of rotatable bonds is 8. The molecule has 0 saturated heterocycles. The van der Waals surface area contributed by atoms with Gasteiger partial charge in [-0.2, -0.15) is 11.8 Å². The molecule has 6 nitrogen and oxygen atoms in total. The summed E-state index contributed by atoms with van der Waals surface area (Å²) in [6.07, 6.45) is 2.56. The van der Waals surface area contributed by atoms with E-state index in [-0.39, 0.29) is 12.1 Å². The Balaban J connectivity index is 4.49. The highest BCUT2D eigenvalue weighted by Gasteiger charge is 2.22. The molecule has 0 aromatic rings. The number of hydrogen-bond donors (Lipinski definition) is 2. The Morgan fingerprint density at radius 1 is 1.33 bits per heavy atom. The SMILES string of the molecule is CN=C(NCCSC)N(C)CCC(NC(=O)OC(C)(C)C)C(C)C. The number of nitrogens with zero attached hydrogens (tertiary/aromatic N) is 2. The molecule has 1 amide bonds. The van der Waals surface area contributed by atoms with Crippen molar-refractivity contribution in [3.63, 3.8) is 0 Å². The normalized spacial score (nSPS) is 13.6. The molecule has 1 unspecified atom stereocenters. The second-order valence-corrected chi connectivity index (χ2v) is 8.16. The molecule has 0 radical (unpaired) electrons. The van der Waals surface area contributed by atoms with Gasteiger partial charge in [0.2, 0.25) is 0 Å². The Hall–Kier alpha value is -1.11. The van der Waals surface area contributed by atoms with E-state index in [1.807, 2.05) is 27.8 Å². The summed E-state index contributed by atoms with van der Waals surface area (Å²) in [5, 5.41) is 6.32. The van der Waals surface area contributed by atoms with Gasteiger partial charge >= 0.3 is 6.09 Å². The Bertz CT molecular complexity index is 395. The third-order valence-corrected chi connectivity index (χ3v) is 4.06. The highest BCUT2D eigenvalue weighted by molar-refractivity contribution is 7.98. The van der Waals surface area contributed by atoms with Crippen LogP contribution in [0.5, 0.6) is 0 Å². The lowest BCUT2D eigenvalue weighted by Gasteiger charge is -2.28. The van der Waals surface area contributed by atoms with Gasteiger partial charge in [0.15, 0.2) is 5.96 Å². The topological polar surface area (TPSA) is 66.0 Å². The molecule has 0 fully saturated rings. The first-order valence-electron chi connectivity index (χ1n) is 8.51. The zero-order valence-corrected chi connectivity index (χ0v) is 17.4. The molecular weight excluding hydrogens is 324 g/mol. The van der Waals surface area contributed by atoms with E-state index in [2.05, 4.69) is 40.6 Å². The van der Waals surface area contributed by atoms with Crippen molar-refractivity contribution < 1.29 is 9.53 Å². The Morgan fingerprint density at radius 2 is 1.96 bits per heavy atom. The molecule has 0 aromatic carbocycles. The largest absolute Gasteiger partial charge is 0.444 e. The number of hydrogen-bond acceptors (Lipinski definition) is 4. The molecule has 0 aliphatic heterocycles. The zero-order valence-electron chi connectivity index (χ0n) is 16.6. The van der Waals surface area contributed by atoms with Gasteiger partial charge in [0, 0.05) is 39.0 Å². The zero-order chi connectivity index (χ0) is 18.8. The van der Waals surface area contributed by atoms with E-state index >= 15 is 0 Å². The fourth-order valence-electron chi connectivity index (χ4n) is 2.12. The smallest absolute Gasteiger partial charge is 0.407 e. The van der Waals surface area contributed by atoms with Gasteiger partial charge in [-0.25, -0.2) is 4.79 Å². The van der Waals surface area contributed by atoms with E-state index in [1.165, 1.54) is 0 Å². The third kappa shape index (κ3) is 10.6. The number of thioether (sulfide) groups is 1.